The monoisotopic (exact) mass is 289 g/mol. The van der Waals surface area contributed by atoms with Gasteiger partial charge in [0.25, 0.3) is 0 Å². The fourth-order valence-corrected chi connectivity index (χ4v) is 2.69. The molecule has 0 unspecified atom stereocenters. The predicted octanol–water partition coefficient (Wildman–Crippen LogP) is 3.09. The average molecular weight is 289 g/mol. The molecule has 1 N–H and O–H groups in total. The molecule has 4 nitrogen and oxygen atoms in total. The number of ether oxygens (including phenoxy) is 2. The maximum absolute atomic E-state index is 11.9. The van der Waals surface area contributed by atoms with Gasteiger partial charge in [0.2, 0.25) is 5.91 Å². The van der Waals surface area contributed by atoms with Gasteiger partial charge < -0.3 is 14.8 Å². The van der Waals surface area contributed by atoms with E-state index >= 15 is 0 Å². The standard InChI is InChI=1S/C15H15NO3S/c17-15(8-11-4-7-20-10-11)16-12-2-3-13-14(9-12)19-6-1-5-18-13/h2-4,7,9-10H,1,5-6,8H2,(H,16,17). The third-order valence-electron chi connectivity index (χ3n) is 2.98. The molecule has 1 aromatic heterocycles. The summed E-state index contributed by atoms with van der Waals surface area (Å²) in [5, 5.41) is 6.83. The van der Waals surface area contributed by atoms with E-state index in [2.05, 4.69) is 5.32 Å². The number of thiophene rings is 1. The number of nitrogens with one attached hydrogen (secondary N) is 1. The van der Waals surface area contributed by atoms with Gasteiger partial charge >= 0.3 is 0 Å². The molecule has 0 radical (unpaired) electrons. The topological polar surface area (TPSA) is 47.6 Å². The quantitative estimate of drug-likeness (QED) is 0.944. The van der Waals surface area contributed by atoms with Gasteiger partial charge in [0, 0.05) is 18.2 Å². The van der Waals surface area contributed by atoms with Gasteiger partial charge in [-0.15, -0.1) is 0 Å². The molecule has 0 bridgehead atoms. The lowest BCUT2D eigenvalue weighted by atomic mass is 10.2. The zero-order valence-electron chi connectivity index (χ0n) is 10.9. The van der Waals surface area contributed by atoms with Crippen molar-refractivity contribution in [3.63, 3.8) is 0 Å². The predicted molar refractivity (Wildman–Crippen MR) is 78.7 cm³/mol. The van der Waals surface area contributed by atoms with Crippen molar-refractivity contribution in [1.29, 1.82) is 0 Å². The second-order valence-electron chi connectivity index (χ2n) is 4.57. The Morgan fingerprint density at radius 3 is 2.85 bits per heavy atom. The van der Waals surface area contributed by atoms with Crippen LogP contribution in [0.2, 0.25) is 0 Å². The molecule has 104 valence electrons. The zero-order valence-corrected chi connectivity index (χ0v) is 11.7. The van der Waals surface area contributed by atoms with Crippen LogP contribution in [-0.4, -0.2) is 19.1 Å². The Labute approximate surface area is 121 Å². The minimum atomic E-state index is -0.0297. The molecule has 0 atom stereocenters. The van der Waals surface area contributed by atoms with Crippen LogP contribution in [0.15, 0.2) is 35.0 Å². The number of carbonyl (C=O) groups excluding carboxylic acids is 1. The molecule has 1 amide bonds. The number of hydrogen-bond donors (Lipinski definition) is 1. The number of hydrogen-bond acceptors (Lipinski definition) is 4. The van der Waals surface area contributed by atoms with Gasteiger partial charge in [0.15, 0.2) is 11.5 Å². The summed E-state index contributed by atoms with van der Waals surface area (Å²) in [7, 11) is 0. The van der Waals surface area contributed by atoms with Crippen molar-refractivity contribution in [3.05, 3.63) is 40.6 Å². The molecule has 2 aromatic rings. The average Bonchev–Trinajstić information content (AvgIpc) is 2.82. The highest BCUT2D eigenvalue weighted by atomic mass is 32.1. The fraction of sp³-hybridized carbons (Fsp3) is 0.267. The highest BCUT2D eigenvalue weighted by molar-refractivity contribution is 7.08. The number of fused-ring (bicyclic) bond motifs is 1. The number of amides is 1. The Balaban J connectivity index is 1.68. The van der Waals surface area contributed by atoms with Crippen LogP contribution in [0, 0.1) is 0 Å². The lowest BCUT2D eigenvalue weighted by molar-refractivity contribution is -0.115. The van der Waals surface area contributed by atoms with Crippen LogP contribution < -0.4 is 14.8 Å². The molecule has 1 aromatic carbocycles. The first-order valence-corrected chi connectivity index (χ1v) is 7.46. The Kier molecular flexibility index (Phi) is 3.87. The lowest BCUT2D eigenvalue weighted by Gasteiger charge is -2.10. The van der Waals surface area contributed by atoms with E-state index in [1.165, 1.54) is 0 Å². The normalized spacial score (nSPS) is 13.6. The van der Waals surface area contributed by atoms with Gasteiger partial charge in [-0.2, -0.15) is 11.3 Å². The molecule has 20 heavy (non-hydrogen) atoms. The summed E-state index contributed by atoms with van der Waals surface area (Å²) in [5.41, 5.74) is 1.76. The van der Waals surface area contributed by atoms with Crippen molar-refractivity contribution >= 4 is 22.9 Å². The lowest BCUT2D eigenvalue weighted by Crippen LogP contribution is -2.14. The van der Waals surface area contributed by atoms with E-state index in [1.807, 2.05) is 35.0 Å². The minimum absolute atomic E-state index is 0.0297. The molecule has 0 aliphatic carbocycles. The minimum Gasteiger partial charge on any atom is -0.490 e. The van der Waals surface area contributed by atoms with Crippen molar-refractivity contribution in [2.75, 3.05) is 18.5 Å². The number of carbonyl (C=O) groups is 1. The number of benzene rings is 1. The molecule has 3 rings (SSSR count). The van der Waals surface area contributed by atoms with Crippen molar-refractivity contribution in [1.82, 2.24) is 0 Å². The Morgan fingerprint density at radius 1 is 1.20 bits per heavy atom. The SMILES string of the molecule is O=C(Cc1ccsc1)Nc1ccc2c(c1)OCCCO2. The first-order chi connectivity index (χ1) is 9.81. The summed E-state index contributed by atoms with van der Waals surface area (Å²) in [6.07, 6.45) is 1.26. The molecular weight excluding hydrogens is 274 g/mol. The van der Waals surface area contributed by atoms with Crippen molar-refractivity contribution < 1.29 is 14.3 Å². The molecule has 0 saturated carbocycles. The molecule has 0 saturated heterocycles. The molecule has 5 heteroatoms. The van der Waals surface area contributed by atoms with Crippen LogP contribution in [0.3, 0.4) is 0 Å². The summed E-state index contributed by atoms with van der Waals surface area (Å²) in [6.45, 7) is 1.30. The maximum Gasteiger partial charge on any atom is 0.228 e. The van der Waals surface area contributed by atoms with Crippen LogP contribution in [0.25, 0.3) is 0 Å². The van der Waals surface area contributed by atoms with E-state index in [4.69, 9.17) is 9.47 Å². The Hall–Kier alpha value is -2.01. The van der Waals surface area contributed by atoms with Gasteiger partial charge in [-0.1, -0.05) is 0 Å². The van der Waals surface area contributed by atoms with E-state index in [-0.39, 0.29) is 5.91 Å². The Bertz CT molecular complexity index is 595. The first-order valence-electron chi connectivity index (χ1n) is 6.52. The summed E-state index contributed by atoms with van der Waals surface area (Å²) >= 11 is 1.59. The molecule has 1 aliphatic rings. The summed E-state index contributed by atoms with van der Waals surface area (Å²) in [6, 6.07) is 7.43. The van der Waals surface area contributed by atoms with Crippen LogP contribution in [0.1, 0.15) is 12.0 Å². The van der Waals surface area contributed by atoms with Crippen LogP contribution >= 0.6 is 11.3 Å². The second-order valence-corrected chi connectivity index (χ2v) is 5.35. The Morgan fingerprint density at radius 2 is 2.05 bits per heavy atom. The third-order valence-corrected chi connectivity index (χ3v) is 3.71. The van der Waals surface area contributed by atoms with E-state index < -0.39 is 0 Å². The summed E-state index contributed by atoms with van der Waals surface area (Å²) < 4.78 is 11.2. The maximum atomic E-state index is 11.9. The van der Waals surface area contributed by atoms with Gasteiger partial charge in [0.05, 0.1) is 19.6 Å². The van der Waals surface area contributed by atoms with E-state index in [0.717, 1.165) is 23.4 Å². The molecule has 0 spiro atoms. The van der Waals surface area contributed by atoms with Crippen LogP contribution in [-0.2, 0) is 11.2 Å². The summed E-state index contributed by atoms with van der Waals surface area (Å²) in [5.74, 6) is 1.40. The molecule has 2 heterocycles. The smallest absolute Gasteiger partial charge is 0.228 e. The van der Waals surface area contributed by atoms with Gasteiger partial charge in [-0.25, -0.2) is 0 Å². The number of rotatable bonds is 3. The van der Waals surface area contributed by atoms with Gasteiger partial charge in [0.1, 0.15) is 0 Å². The van der Waals surface area contributed by atoms with E-state index in [1.54, 1.807) is 11.3 Å². The van der Waals surface area contributed by atoms with E-state index in [9.17, 15) is 4.79 Å². The number of anilines is 1. The highest BCUT2D eigenvalue weighted by Crippen LogP contribution is 2.32. The van der Waals surface area contributed by atoms with Gasteiger partial charge in [-0.05, 0) is 34.5 Å². The van der Waals surface area contributed by atoms with Crippen molar-refractivity contribution in [2.24, 2.45) is 0 Å². The largest absolute Gasteiger partial charge is 0.490 e. The van der Waals surface area contributed by atoms with Crippen molar-refractivity contribution in [2.45, 2.75) is 12.8 Å². The van der Waals surface area contributed by atoms with Crippen LogP contribution in [0.4, 0.5) is 5.69 Å². The van der Waals surface area contributed by atoms with Crippen molar-refractivity contribution in [3.8, 4) is 11.5 Å². The third kappa shape index (κ3) is 3.11. The first kappa shape index (κ1) is 13.0. The summed E-state index contributed by atoms with van der Waals surface area (Å²) in [4.78, 5) is 11.9. The van der Waals surface area contributed by atoms with E-state index in [0.29, 0.717) is 25.4 Å². The van der Waals surface area contributed by atoms with Gasteiger partial charge in [-0.3, -0.25) is 4.79 Å². The molecule has 0 fully saturated rings. The zero-order chi connectivity index (χ0) is 13.8. The fourth-order valence-electron chi connectivity index (χ4n) is 2.02. The molecule has 1 aliphatic heterocycles. The second kappa shape index (κ2) is 5.96. The van der Waals surface area contributed by atoms with Crippen LogP contribution in [0.5, 0.6) is 11.5 Å². The molecular formula is C15H15NO3S. The highest BCUT2D eigenvalue weighted by Gasteiger charge is 2.12.